The van der Waals surface area contributed by atoms with E-state index in [1.807, 2.05) is 0 Å². The van der Waals surface area contributed by atoms with Crippen LogP contribution in [0.5, 0.6) is 0 Å². The smallest absolute Gasteiger partial charge is 0.335 e. The average Bonchev–Trinajstić information content (AvgIpc) is 3.21. The predicted octanol–water partition coefficient (Wildman–Crippen LogP) is 4.04. The number of nitrogens with one attached hydrogen (secondary N) is 2. The lowest BCUT2D eigenvalue weighted by atomic mass is 10.2. The molecule has 0 unspecified atom stereocenters. The fourth-order valence-corrected chi connectivity index (χ4v) is 2.66. The van der Waals surface area contributed by atoms with Crippen LogP contribution >= 0.6 is 11.6 Å². The van der Waals surface area contributed by atoms with Crippen molar-refractivity contribution in [3.63, 3.8) is 0 Å². The number of anilines is 1. The summed E-state index contributed by atoms with van der Waals surface area (Å²) < 4.78 is 5.21. The lowest BCUT2D eigenvalue weighted by Crippen LogP contribution is -2.31. The van der Waals surface area contributed by atoms with Crippen molar-refractivity contribution in [1.29, 1.82) is 0 Å². The Morgan fingerprint density at radius 2 is 1.79 bits per heavy atom. The minimum absolute atomic E-state index is 0.0134. The molecule has 0 bridgehead atoms. The summed E-state index contributed by atoms with van der Waals surface area (Å²) in [5.41, 5.74) is 0.359. The number of hydrogen-bond donors (Lipinski definition) is 3. The fourth-order valence-electron chi connectivity index (χ4n) is 2.44. The SMILES string of the molecule is O=C(Nc1cccc(C(=O)O)c1)C(=Cc1ccco1)NC(=O)c1ccccc1Cl. The highest BCUT2D eigenvalue weighted by atomic mass is 35.5. The lowest BCUT2D eigenvalue weighted by molar-refractivity contribution is -0.113. The largest absolute Gasteiger partial charge is 0.478 e. The number of carboxylic acid groups (broad SMARTS) is 1. The van der Waals surface area contributed by atoms with Gasteiger partial charge in [0, 0.05) is 11.8 Å². The van der Waals surface area contributed by atoms with Gasteiger partial charge < -0.3 is 20.2 Å². The standard InChI is InChI=1S/C21H15ClN2O5/c22-17-9-2-1-8-16(17)19(25)24-18(12-15-7-4-10-29-15)20(26)23-14-6-3-5-13(11-14)21(27)28/h1-12H,(H,23,26)(H,24,25)(H,27,28). The molecule has 0 saturated carbocycles. The molecular weight excluding hydrogens is 396 g/mol. The topological polar surface area (TPSA) is 109 Å². The molecule has 3 aromatic rings. The minimum atomic E-state index is -1.13. The third-order valence-electron chi connectivity index (χ3n) is 3.81. The number of carbonyl (C=O) groups excluding carboxylic acids is 2. The van der Waals surface area contributed by atoms with Crippen LogP contribution in [0.1, 0.15) is 26.5 Å². The van der Waals surface area contributed by atoms with Crippen LogP contribution in [0.4, 0.5) is 5.69 Å². The van der Waals surface area contributed by atoms with Gasteiger partial charge >= 0.3 is 5.97 Å². The molecule has 0 aliphatic rings. The van der Waals surface area contributed by atoms with Crippen LogP contribution in [0.3, 0.4) is 0 Å². The second-order valence-electron chi connectivity index (χ2n) is 5.85. The van der Waals surface area contributed by atoms with E-state index in [9.17, 15) is 14.4 Å². The Hall–Kier alpha value is -3.84. The molecule has 3 N–H and O–H groups in total. The molecule has 0 aliphatic heterocycles. The first kappa shape index (κ1) is 19.9. The highest BCUT2D eigenvalue weighted by Gasteiger charge is 2.17. The second-order valence-corrected chi connectivity index (χ2v) is 6.25. The molecule has 0 saturated heterocycles. The summed E-state index contributed by atoms with van der Waals surface area (Å²) in [7, 11) is 0. The van der Waals surface area contributed by atoms with Crippen LogP contribution in [0.2, 0.25) is 5.02 Å². The number of halogens is 1. The van der Waals surface area contributed by atoms with E-state index in [1.165, 1.54) is 42.7 Å². The van der Waals surface area contributed by atoms with Crippen molar-refractivity contribution in [3.8, 4) is 0 Å². The number of carboxylic acids is 1. The van der Waals surface area contributed by atoms with E-state index in [0.29, 0.717) is 5.76 Å². The van der Waals surface area contributed by atoms with Crippen LogP contribution in [0.15, 0.2) is 77.0 Å². The first-order valence-electron chi connectivity index (χ1n) is 8.40. The molecule has 0 atom stereocenters. The van der Waals surface area contributed by atoms with Gasteiger partial charge in [0.25, 0.3) is 11.8 Å². The Balaban J connectivity index is 1.87. The van der Waals surface area contributed by atoms with Crippen LogP contribution in [-0.4, -0.2) is 22.9 Å². The molecule has 0 aliphatic carbocycles. The second kappa shape index (κ2) is 8.90. The number of amides is 2. The zero-order valence-electron chi connectivity index (χ0n) is 14.9. The van der Waals surface area contributed by atoms with Gasteiger partial charge in [-0.05, 0) is 42.5 Å². The van der Waals surface area contributed by atoms with Crippen molar-refractivity contribution in [2.24, 2.45) is 0 Å². The van der Waals surface area contributed by atoms with E-state index >= 15 is 0 Å². The van der Waals surface area contributed by atoms with Gasteiger partial charge in [-0.25, -0.2) is 4.79 Å². The summed E-state index contributed by atoms with van der Waals surface area (Å²) in [6.07, 6.45) is 2.78. The van der Waals surface area contributed by atoms with Gasteiger partial charge in [0.2, 0.25) is 0 Å². The Kier molecular flexibility index (Phi) is 6.11. The van der Waals surface area contributed by atoms with E-state index in [-0.39, 0.29) is 27.5 Å². The number of aromatic carboxylic acids is 1. The van der Waals surface area contributed by atoms with E-state index in [1.54, 1.807) is 30.3 Å². The van der Waals surface area contributed by atoms with Gasteiger partial charge in [-0.15, -0.1) is 0 Å². The number of rotatable bonds is 6. The lowest BCUT2D eigenvalue weighted by Gasteiger charge is -2.12. The molecule has 2 amide bonds. The van der Waals surface area contributed by atoms with Crippen molar-refractivity contribution in [3.05, 3.63) is 94.5 Å². The Bertz CT molecular complexity index is 1090. The Labute approximate surface area is 170 Å². The van der Waals surface area contributed by atoms with E-state index in [4.69, 9.17) is 21.1 Å². The third kappa shape index (κ3) is 5.12. The van der Waals surface area contributed by atoms with Crippen LogP contribution in [-0.2, 0) is 4.79 Å². The molecule has 7 nitrogen and oxygen atoms in total. The quantitative estimate of drug-likeness (QED) is 0.531. The predicted molar refractivity (Wildman–Crippen MR) is 108 cm³/mol. The van der Waals surface area contributed by atoms with E-state index in [2.05, 4.69) is 10.6 Å². The fraction of sp³-hybridized carbons (Fsp3) is 0. The van der Waals surface area contributed by atoms with Crippen molar-refractivity contribution >= 4 is 41.1 Å². The normalized spacial score (nSPS) is 11.0. The van der Waals surface area contributed by atoms with E-state index in [0.717, 1.165) is 0 Å². The maximum absolute atomic E-state index is 12.8. The first-order valence-corrected chi connectivity index (χ1v) is 8.77. The van der Waals surface area contributed by atoms with Crippen LogP contribution in [0.25, 0.3) is 6.08 Å². The molecule has 3 rings (SSSR count). The van der Waals surface area contributed by atoms with Crippen molar-refractivity contribution < 1.29 is 23.9 Å². The monoisotopic (exact) mass is 410 g/mol. The molecule has 146 valence electrons. The summed E-state index contributed by atoms with van der Waals surface area (Å²) >= 11 is 6.05. The van der Waals surface area contributed by atoms with Gasteiger partial charge in [0.05, 0.1) is 22.4 Å². The summed E-state index contributed by atoms with van der Waals surface area (Å²) in [6, 6.07) is 15.4. The molecule has 2 aromatic carbocycles. The van der Waals surface area contributed by atoms with Crippen LogP contribution < -0.4 is 10.6 Å². The molecule has 0 spiro atoms. The zero-order valence-corrected chi connectivity index (χ0v) is 15.6. The van der Waals surface area contributed by atoms with Crippen molar-refractivity contribution in [1.82, 2.24) is 5.32 Å². The molecule has 29 heavy (non-hydrogen) atoms. The zero-order chi connectivity index (χ0) is 20.8. The summed E-state index contributed by atoms with van der Waals surface area (Å²) in [5, 5.41) is 14.4. The molecular formula is C21H15ClN2O5. The third-order valence-corrected chi connectivity index (χ3v) is 4.14. The van der Waals surface area contributed by atoms with Gasteiger partial charge in [0.15, 0.2) is 0 Å². The molecule has 0 radical (unpaired) electrons. The highest BCUT2D eigenvalue weighted by Crippen LogP contribution is 2.17. The van der Waals surface area contributed by atoms with Gasteiger partial charge in [-0.2, -0.15) is 0 Å². The van der Waals surface area contributed by atoms with Crippen molar-refractivity contribution in [2.75, 3.05) is 5.32 Å². The Morgan fingerprint density at radius 3 is 2.48 bits per heavy atom. The summed E-state index contributed by atoms with van der Waals surface area (Å²) in [6.45, 7) is 0. The molecule has 8 heteroatoms. The maximum atomic E-state index is 12.8. The summed E-state index contributed by atoms with van der Waals surface area (Å²) in [4.78, 5) is 36.4. The Morgan fingerprint density at radius 1 is 1.00 bits per heavy atom. The van der Waals surface area contributed by atoms with E-state index < -0.39 is 17.8 Å². The minimum Gasteiger partial charge on any atom is -0.478 e. The summed E-state index contributed by atoms with van der Waals surface area (Å²) in [5.74, 6) is -2.03. The number of benzene rings is 2. The maximum Gasteiger partial charge on any atom is 0.335 e. The number of furan rings is 1. The molecule has 1 heterocycles. The van der Waals surface area contributed by atoms with Crippen LogP contribution in [0, 0.1) is 0 Å². The van der Waals surface area contributed by atoms with Crippen molar-refractivity contribution in [2.45, 2.75) is 0 Å². The number of hydrogen-bond acceptors (Lipinski definition) is 4. The molecule has 0 fully saturated rings. The average molecular weight is 411 g/mol. The van der Waals surface area contributed by atoms with Gasteiger partial charge in [-0.1, -0.05) is 29.8 Å². The number of carbonyl (C=O) groups is 3. The molecule has 1 aromatic heterocycles. The van der Waals surface area contributed by atoms with Gasteiger partial charge in [0.1, 0.15) is 11.5 Å². The van der Waals surface area contributed by atoms with Gasteiger partial charge in [-0.3, -0.25) is 9.59 Å². The first-order chi connectivity index (χ1) is 13.9. The highest BCUT2D eigenvalue weighted by molar-refractivity contribution is 6.34.